The summed E-state index contributed by atoms with van der Waals surface area (Å²) in [7, 11) is 0. The van der Waals surface area contributed by atoms with Crippen molar-refractivity contribution >= 4 is 17.5 Å². The van der Waals surface area contributed by atoms with Crippen LogP contribution in [0.1, 0.15) is 30.7 Å². The van der Waals surface area contributed by atoms with Crippen LogP contribution in [-0.4, -0.2) is 23.1 Å². The van der Waals surface area contributed by atoms with E-state index in [4.69, 9.17) is 0 Å². The maximum atomic E-state index is 4.65. The van der Waals surface area contributed by atoms with Crippen molar-refractivity contribution in [1.29, 1.82) is 0 Å². The van der Waals surface area contributed by atoms with Gasteiger partial charge in [-0.2, -0.15) is 4.98 Å². The van der Waals surface area contributed by atoms with Crippen molar-refractivity contribution in [2.45, 2.75) is 34.6 Å². The maximum Gasteiger partial charge on any atom is 0.229 e. The van der Waals surface area contributed by atoms with Gasteiger partial charge in [0.2, 0.25) is 5.95 Å². The van der Waals surface area contributed by atoms with Gasteiger partial charge in [0, 0.05) is 30.5 Å². The molecule has 1 aromatic carbocycles. The third-order valence-electron chi connectivity index (χ3n) is 3.78. The van der Waals surface area contributed by atoms with Crippen LogP contribution in [0.15, 0.2) is 24.3 Å². The Morgan fingerprint density at radius 1 is 1.05 bits per heavy atom. The van der Waals surface area contributed by atoms with Crippen LogP contribution >= 0.6 is 0 Å². The number of nitrogens with zero attached hydrogens (tertiary/aromatic N) is 3. The minimum absolute atomic E-state index is 0.658. The summed E-state index contributed by atoms with van der Waals surface area (Å²) in [4.78, 5) is 11.4. The lowest BCUT2D eigenvalue weighted by atomic mass is 10.1. The van der Waals surface area contributed by atoms with Gasteiger partial charge in [0.05, 0.1) is 0 Å². The van der Waals surface area contributed by atoms with Gasteiger partial charge in [0.15, 0.2) is 0 Å². The Kier molecular flexibility index (Phi) is 4.78. The highest BCUT2D eigenvalue weighted by molar-refractivity contribution is 5.61. The molecule has 0 radical (unpaired) electrons. The minimum atomic E-state index is 0.658. The molecule has 1 heterocycles. The van der Waals surface area contributed by atoms with E-state index in [1.54, 1.807) is 0 Å². The normalized spacial score (nSPS) is 10.5. The van der Waals surface area contributed by atoms with Crippen molar-refractivity contribution in [2.24, 2.45) is 0 Å². The van der Waals surface area contributed by atoms with Gasteiger partial charge in [0.25, 0.3) is 0 Å². The SMILES string of the molecule is CCN(CC)c1cc(C)nc(Nc2cccc(C)c2C)n1. The molecule has 2 aromatic rings. The summed E-state index contributed by atoms with van der Waals surface area (Å²) in [5.74, 6) is 1.63. The molecule has 0 saturated heterocycles. The van der Waals surface area contributed by atoms with Crippen LogP contribution in [0.4, 0.5) is 17.5 Å². The number of rotatable bonds is 5. The number of benzene rings is 1. The summed E-state index contributed by atoms with van der Waals surface area (Å²) < 4.78 is 0. The predicted octanol–water partition coefficient (Wildman–Crippen LogP) is 3.99. The summed E-state index contributed by atoms with van der Waals surface area (Å²) in [5, 5.41) is 3.35. The minimum Gasteiger partial charge on any atom is -0.357 e. The van der Waals surface area contributed by atoms with Gasteiger partial charge in [-0.1, -0.05) is 12.1 Å². The van der Waals surface area contributed by atoms with Crippen molar-refractivity contribution < 1.29 is 0 Å². The molecule has 4 heteroatoms. The zero-order valence-corrected chi connectivity index (χ0v) is 13.6. The molecule has 21 heavy (non-hydrogen) atoms. The first-order chi connectivity index (χ1) is 10.0. The van der Waals surface area contributed by atoms with E-state index in [-0.39, 0.29) is 0 Å². The van der Waals surface area contributed by atoms with Gasteiger partial charge in [-0.05, 0) is 51.8 Å². The average molecular weight is 284 g/mol. The first-order valence-electron chi connectivity index (χ1n) is 7.49. The first-order valence-corrected chi connectivity index (χ1v) is 7.49. The third kappa shape index (κ3) is 3.51. The van der Waals surface area contributed by atoms with Gasteiger partial charge >= 0.3 is 0 Å². The molecule has 1 aromatic heterocycles. The van der Waals surface area contributed by atoms with E-state index >= 15 is 0 Å². The van der Waals surface area contributed by atoms with Gasteiger partial charge < -0.3 is 10.2 Å². The molecule has 2 rings (SSSR count). The summed E-state index contributed by atoms with van der Waals surface area (Å²) in [6.07, 6.45) is 0. The molecular formula is C17H24N4. The van der Waals surface area contributed by atoms with Crippen LogP contribution in [0.3, 0.4) is 0 Å². The molecular weight excluding hydrogens is 260 g/mol. The molecule has 0 saturated carbocycles. The Hall–Kier alpha value is -2.10. The first kappa shape index (κ1) is 15.3. The number of hydrogen-bond donors (Lipinski definition) is 1. The lowest BCUT2D eigenvalue weighted by Gasteiger charge is -2.21. The van der Waals surface area contributed by atoms with Crippen molar-refractivity contribution in [3.8, 4) is 0 Å². The maximum absolute atomic E-state index is 4.65. The molecule has 4 nitrogen and oxygen atoms in total. The van der Waals surface area contributed by atoms with E-state index in [1.807, 2.05) is 19.1 Å². The van der Waals surface area contributed by atoms with Gasteiger partial charge in [-0.25, -0.2) is 4.98 Å². The standard InChI is InChI=1S/C17H24N4/c1-6-21(7-2)16-11-13(4)18-17(20-16)19-15-10-8-9-12(3)14(15)5/h8-11H,6-7H2,1-5H3,(H,18,19,20). The topological polar surface area (TPSA) is 41.1 Å². The lowest BCUT2D eigenvalue weighted by molar-refractivity contribution is 0.840. The second kappa shape index (κ2) is 6.57. The third-order valence-corrected chi connectivity index (χ3v) is 3.78. The monoisotopic (exact) mass is 284 g/mol. The average Bonchev–Trinajstić information content (AvgIpc) is 2.45. The summed E-state index contributed by atoms with van der Waals surface area (Å²) in [6, 6.07) is 8.25. The molecule has 112 valence electrons. The molecule has 0 bridgehead atoms. The highest BCUT2D eigenvalue weighted by atomic mass is 15.2. The fraction of sp³-hybridized carbons (Fsp3) is 0.412. The Bertz CT molecular complexity index is 618. The van der Waals surface area contributed by atoms with E-state index < -0.39 is 0 Å². The van der Waals surface area contributed by atoms with Crippen molar-refractivity contribution in [3.63, 3.8) is 0 Å². The Morgan fingerprint density at radius 2 is 1.76 bits per heavy atom. The van der Waals surface area contributed by atoms with Crippen molar-refractivity contribution in [3.05, 3.63) is 41.1 Å². The molecule has 0 spiro atoms. The smallest absolute Gasteiger partial charge is 0.229 e. The number of anilines is 3. The van der Waals surface area contributed by atoms with E-state index in [1.165, 1.54) is 11.1 Å². The highest BCUT2D eigenvalue weighted by Crippen LogP contribution is 2.22. The van der Waals surface area contributed by atoms with Crippen LogP contribution in [0.5, 0.6) is 0 Å². The largest absolute Gasteiger partial charge is 0.357 e. The van der Waals surface area contributed by atoms with E-state index in [0.29, 0.717) is 5.95 Å². The van der Waals surface area contributed by atoms with E-state index in [2.05, 4.69) is 60.0 Å². The van der Waals surface area contributed by atoms with Crippen molar-refractivity contribution in [1.82, 2.24) is 9.97 Å². The summed E-state index contributed by atoms with van der Waals surface area (Å²) in [5.41, 5.74) is 4.52. The zero-order valence-electron chi connectivity index (χ0n) is 13.6. The molecule has 0 aliphatic carbocycles. The van der Waals surface area contributed by atoms with E-state index in [0.717, 1.165) is 30.3 Å². The molecule has 0 fully saturated rings. The lowest BCUT2D eigenvalue weighted by Crippen LogP contribution is -2.23. The van der Waals surface area contributed by atoms with Gasteiger partial charge in [-0.15, -0.1) is 0 Å². The van der Waals surface area contributed by atoms with E-state index in [9.17, 15) is 0 Å². The number of hydrogen-bond acceptors (Lipinski definition) is 4. The molecule has 0 unspecified atom stereocenters. The fourth-order valence-electron chi connectivity index (χ4n) is 2.32. The van der Waals surface area contributed by atoms with Gasteiger partial charge in [-0.3, -0.25) is 0 Å². The zero-order chi connectivity index (χ0) is 15.4. The van der Waals surface area contributed by atoms with Gasteiger partial charge in [0.1, 0.15) is 5.82 Å². The second-order valence-corrected chi connectivity index (χ2v) is 5.24. The van der Waals surface area contributed by atoms with Crippen LogP contribution in [0.25, 0.3) is 0 Å². The highest BCUT2D eigenvalue weighted by Gasteiger charge is 2.09. The predicted molar refractivity (Wildman–Crippen MR) is 89.5 cm³/mol. The molecule has 0 aliphatic rings. The second-order valence-electron chi connectivity index (χ2n) is 5.24. The Morgan fingerprint density at radius 3 is 2.43 bits per heavy atom. The molecule has 0 atom stereocenters. The van der Waals surface area contributed by atoms with Crippen LogP contribution in [-0.2, 0) is 0 Å². The Labute approximate surface area is 127 Å². The Balaban J connectivity index is 2.34. The summed E-state index contributed by atoms with van der Waals surface area (Å²) >= 11 is 0. The molecule has 1 N–H and O–H groups in total. The molecule has 0 amide bonds. The van der Waals surface area contributed by atoms with Crippen LogP contribution < -0.4 is 10.2 Å². The molecule has 0 aliphatic heterocycles. The van der Waals surface area contributed by atoms with Crippen LogP contribution in [0, 0.1) is 20.8 Å². The number of nitrogens with one attached hydrogen (secondary N) is 1. The summed E-state index contributed by atoms with van der Waals surface area (Å²) in [6.45, 7) is 12.4. The van der Waals surface area contributed by atoms with Crippen LogP contribution in [0.2, 0.25) is 0 Å². The fourth-order valence-corrected chi connectivity index (χ4v) is 2.32. The number of aromatic nitrogens is 2. The van der Waals surface area contributed by atoms with Crippen molar-refractivity contribution in [2.75, 3.05) is 23.3 Å². The quantitative estimate of drug-likeness (QED) is 0.901. The number of aryl methyl sites for hydroxylation is 2.